The quantitative estimate of drug-likeness (QED) is 0.424. The van der Waals surface area contributed by atoms with Crippen LogP contribution in [0.15, 0.2) is 0 Å². The van der Waals surface area contributed by atoms with Crippen LogP contribution < -0.4 is 0 Å². The summed E-state index contributed by atoms with van der Waals surface area (Å²) in [5, 5.41) is 17.4. The van der Waals surface area contributed by atoms with Gasteiger partial charge >= 0.3 is 17.9 Å². The molecule has 0 amide bonds. The van der Waals surface area contributed by atoms with Gasteiger partial charge in [0.1, 0.15) is 0 Å². The molecule has 122 valence electrons. The van der Waals surface area contributed by atoms with Gasteiger partial charge in [-0.2, -0.15) is 0 Å². The Labute approximate surface area is 125 Å². The van der Waals surface area contributed by atoms with E-state index < -0.39 is 17.4 Å². The van der Waals surface area contributed by atoms with Crippen LogP contribution >= 0.6 is 0 Å². The maximum Gasteiger partial charge on any atom is 0.309 e. The highest BCUT2D eigenvalue weighted by Crippen LogP contribution is 2.23. The van der Waals surface area contributed by atoms with Gasteiger partial charge in [0.05, 0.1) is 12.0 Å². The summed E-state index contributed by atoms with van der Waals surface area (Å²) in [7, 11) is 0. The van der Waals surface area contributed by atoms with Crippen LogP contribution in [-0.2, 0) is 19.1 Å². The average molecular weight is 302 g/mol. The Kier molecular flexibility index (Phi) is 9.41. The lowest BCUT2D eigenvalue weighted by Crippen LogP contribution is -2.23. The largest absolute Gasteiger partial charge is 0.481 e. The second-order valence-corrected chi connectivity index (χ2v) is 5.82. The zero-order valence-electron chi connectivity index (χ0n) is 12.9. The number of hydrogen-bond donors (Lipinski definition) is 2. The molecule has 0 aromatic heterocycles. The van der Waals surface area contributed by atoms with Gasteiger partial charge in [0, 0.05) is 12.8 Å². The molecule has 0 aromatic rings. The zero-order chi connectivity index (χ0) is 16.3. The molecule has 0 heterocycles. The fraction of sp³-hybridized carbons (Fsp3) is 0.800. The predicted octanol–water partition coefficient (Wildman–Crippen LogP) is 2.85. The van der Waals surface area contributed by atoms with Crippen LogP contribution in [0, 0.1) is 5.41 Å². The van der Waals surface area contributed by atoms with E-state index in [1.54, 1.807) is 13.8 Å². The van der Waals surface area contributed by atoms with E-state index >= 15 is 0 Å². The molecule has 2 N–H and O–H groups in total. The lowest BCUT2D eigenvalue weighted by molar-refractivity contribution is -0.147. The van der Waals surface area contributed by atoms with Crippen molar-refractivity contribution in [2.24, 2.45) is 5.41 Å². The fourth-order valence-corrected chi connectivity index (χ4v) is 1.76. The number of carboxylic acid groups (broad SMARTS) is 2. The lowest BCUT2D eigenvalue weighted by atomic mass is 9.87. The van der Waals surface area contributed by atoms with E-state index in [4.69, 9.17) is 14.9 Å². The van der Waals surface area contributed by atoms with Gasteiger partial charge in [0.2, 0.25) is 0 Å². The van der Waals surface area contributed by atoms with E-state index in [9.17, 15) is 14.4 Å². The van der Waals surface area contributed by atoms with Crippen LogP contribution in [0.25, 0.3) is 0 Å². The number of carboxylic acids is 2. The molecule has 0 aromatic carbocycles. The molecule has 6 heteroatoms. The third kappa shape index (κ3) is 10.8. The van der Waals surface area contributed by atoms with Crippen LogP contribution in [0.5, 0.6) is 0 Å². The first-order chi connectivity index (χ1) is 9.75. The summed E-state index contributed by atoms with van der Waals surface area (Å²) in [6, 6.07) is 0. The van der Waals surface area contributed by atoms with Crippen molar-refractivity contribution in [3.63, 3.8) is 0 Å². The molecule has 21 heavy (non-hydrogen) atoms. The highest BCUT2D eigenvalue weighted by atomic mass is 16.5. The van der Waals surface area contributed by atoms with Crippen molar-refractivity contribution in [3.8, 4) is 0 Å². The number of carbonyl (C=O) groups excluding carboxylic acids is 1. The Bertz CT molecular complexity index is 348. The van der Waals surface area contributed by atoms with Gasteiger partial charge in [0.15, 0.2) is 0 Å². The van der Waals surface area contributed by atoms with Crippen molar-refractivity contribution in [1.82, 2.24) is 0 Å². The van der Waals surface area contributed by atoms with E-state index in [2.05, 4.69) is 0 Å². The van der Waals surface area contributed by atoms with Gasteiger partial charge in [-0.25, -0.2) is 0 Å². The average Bonchev–Trinajstić information content (AvgIpc) is 2.38. The monoisotopic (exact) mass is 302 g/mol. The van der Waals surface area contributed by atoms with Crippen LogP contribution in [0.1, 0.15) is 65.2 Å². The first-order valence-corrected chi connectivity index (χ1v) is 7.36. The topological polar surface area (TPSA) is 101 Å². The molecule has 0 fully saturated rings. The fourth-order valence-electron chi connectivity index (χ4n) is 1.76. The molecule has 6 nitrogen and oxygen atoms in total. The number of unbranched alkanes of at least 4 members (excludes halogenated alkanes) is 3. The minimum absolute atomic E-state index is 0.0760. The molecular formula is C15H26O6. The summed E-state index contributed by atoms with van der Waals surface area (Å²) in [5.41, 5.74) is -0.708. The Morgan fingerprint density at radius 1 is 0.905 bits per heavy atom. The number of hydrogen-bond acceptors (Lipinski definition) is 4. The van der Waals surface area contributed by atoms with Crippen molar-refractivity contribution in [3.05, 3.63) is 0 Å². The number of rotatable bonds is 12. The van der Waals surface area contributed by atoms with Crippen LogP contribution in [0.3, 0.4) is 0 Å². The standard InChI is InChI=1S/C15H26O6/c1-15(2,14(19)20)10-6-3-7-11-21-13(18)9-5-4-8-12(16)17/h3-11H2,1-2H3,(H,16,17)(H,19,20). The molecule has 0 spiro atoms. The van der Waals surface area contributed by atoms with Crippen molar-refractivity contribution in [2.45, 2.75) is 65.2 Å². The molecule has 0 bridgehead atoms. The smallest absolute Gasteiger partial charge is 0.309 e. The van der Waals surface area contributed by atoms with Gasteiger partial charge < -0.3 is 14.9 Å². The SMILES string of the molecule is CC(C)(CCCCCOC(=O)CCCCC(=O)O)C(=O)O. The van der Waals surface area contributed by atoms with Gasteiger partial charge in [0.25, 0.3) is 0 Å². The predicted molar refractivity (Wildman–Crippen MR) is 76.9 cm³/mol. The van der Waals surface area contributed by atoms with E-state index in [0.29, 0.717) is 25.9 Å². The summed E-state index contributed by atoms with van der Waals surface area (Å²) in [4.78, 5) is 32.5. The Morgan fingerprint density at radius 2 is 1.52 bits per heavy atom. The number of ether oxygens (including phenoxy) is 1. The molecule has 0 unspecified atom stereocenters. The van der Waals surface area contributed by atoms with E-state index in [-0.39, 0.29) is 18.8 Å². The summed E-state index contributed by atoms with van der Waals surface area (Å²) in [6.45, 7) is 3.74. The molecule has 0 rings (SSSR count). The van der Waals surface area contributed by atoms with Gasteiger partial charge in [-0.05, 0) is 39.5 Å². The first kappa shape index (κ1) is 19.4. The van der Waals surface area contributed by atoms with E-state index in [1.807, 2.05) is 0 Å². The highest BCUT2D eigenvalue weighted by Gasteiger charge is 2.25. The normalized spacial score (nSPS) is 11.1. The maximum atomic E-state index is 11.3. The van der Waals surface area contributed by atoms with Crippen molar-refractivity contribution < 1.29 is 29.3 Å². The molecule has 0 radical (unpaired) electrons. The minimum atomic E-state index is -0.854. The third-order valence-electron chi connectivity index (χ3n) is 3.31. The Morgan fingerprint density at radius 3 is 2.10 bits per heavy atom. The van der Waals surface area contributed by atoms with Crippen molar-refractivity contribution >= 4 is 17.9 Å². The number of carbonyl (C=O) groups is 3. The number of aliphatic carboxylic acids is 2. The van der Waals surface area contributed by atoms with Crippen LogP contribution in [0.2, 0.25) is 0 Å². The second kappa shape index (κ2) is 10.2. The summed E-state index contributed by atoms with van der Waals surface area (Å²) in [5.74, 6) is -1.95. The lowest BCUT2D eigenvalue weighted by Gasteiger charge is -2.18. The maximum absolute atomic E-state index is 11.3. The molecular weight excluding hydrogens is 276 g/mol. The number of esters is 1. The molecule has 0 aliphatic heterocycles. The van der Waals surface area contributed by atoms with E-state index in [0.717, 1.165) is 19.3 Å². The van der Waals surface area contributed by atoms with Crippen molar-refractivity contribution in [1.29, 1.82) is 0 Å². The van der Waals surface area contributed by atoms with Crippen LogP contribution in [-0.4, -0.2) is 34.7 Å². The molecule has 0 aliphatic carbocycles. The van der Waals surface area contributed by atoms with Crippen molar-refractivity contribution in [2.75, 3.05) is 6.61 Å². The highest BCUT2D eigenvalue weighted by molar-refractivity contribution is 5.73. The Hall–Kier alpha value is -1.59. The summed E-state index contributed by atoms with van der Waals surface area (Å²) in [6.07, 6.45) is 4.26. The molecule has 0 atom stereocenters. The van der Waals surface area contributed by atoms with E-state index in [1.165, 1.54) is 0 Å². The minimum Gasteiger partial charge on any atom is -0.481 e. The second-order valence-electron chi connectivity index (χ2n) is 5.82. The first-order valence-electron chi connectivity index (χ1n) is 7.36. The van der Waals surface area contributed by atoms with Gasteiger partial charge in [-0.3, -0.25) is 14.4 Å². The Balaban J connectivity index is 3.48. The molecule has 0 saturated carbocycles. The zero-order valence-corrected chi connectivity index (χ0v) is 12.9. The van der Waals surface area contributed by atoms with Crippen LogP contribution in [0.4, 0.5) is 0 Å². The molecule has 0 aliphatic rings. The summed E-state index contributed by atoms with van der Waals surface area (Å²) >= 11 is 0. The third-order valence-corrected chi connectivity index (χ3v) is 3.31. The molecule has 0 saturated heterocycles. The van der Waals surface area contributed by atoms with Gasteiger partial charge in [-0.15, -0.1) is 0 Å². The van der Waals surface area contributed by atoms with Gasteiger partial charge in [-0.1, -0.05) is 12.8 Å². The summed E-state index contributed by atoms with van der Waals surface area (Å²) < 4.78 is 5.03.